The lowest BCUT2D eigenvalue weighted by atomic mass is 10.3. The molecule has 1 heterocycles. The van der Waals surface area contributed by atoms with E-state index in [-0.39, 0.29) is 12.1 Å². The highest BCUT2D eigenvalue weighted by Crippen LogP contribution is 2.07. The summed E-state index contributed by atoms with van der Waals surface area (Å²) in [7, 11) is 1.66. The Hall–Kier alpha value is -0.850. The Labute approximate surface area is 90.2 Å². The summed E-state index contributed by atoms with van der Waals surface area (Å²) >= 11 is 0. The SMILES string of the molecule is COCC(C)NC(=NC1CCOC1)NN. The van der Waals surface area contributed by atoms with Crippen LogP contribution >= 0.6 is 0 Å². The van der Waals surface area contributed by atoms with Gasteiger partial charge in [-0.3, -0.25) is 5.43 Å². The number of rotatable bonds is 4. The molecule has 0 aliphatic carbocycles. The first-order valence-electron chi connectivity index (χ1n) is 5.14. The van der Waals surface area contributed by atoms with Crippen molar-refractivity contribution < 1.29 is 9.47 Å². The molecule has 2 atom stereocenters. The maximum Gasteiger partial charge on any atom is 0.206 e. The van der Waals surface area contributed by atoms with Crippen LogP contribution in [0.5, 0.6) is 0 Å². The van der Waals surface area contributed by atoms with Crippen LogP contribution in [0.25, 0.3) is 0 Å². The van der Waals surface area contributed by atoms with Gasteiger partial charge in [0, 0.05) is 19.8 Å². The summed E-state index contributed by atoms with van der Waals surface area (Å²) in [6.45, 7) is 4.06. The van der Waals surface area contributed by atoms with Gasteiger partial charge in [-0.15, -0.1) is 0 Å². The summed E-state index contributed by atoms with van der Waals surface area (Å²) in [5, 5.41) is 3.13. The molecule has 1 fully saturated rings. The van der Waals surface area contributed by atoms with E-state index < -0.39 is 0 Å². The number of guanidine groups is 1. The van der Waals surface area contributed by atoms with E-state index in [1.165, 1.54) is 0 Å². The van der Waals surface area contributed by atoms with Crippen LogP contribution in [0.2, 0.25) is 0 Å². The molecule has 6 heteroatoms. The van der Waals surface area contributed by atoms with E-state index in [1.807, 2.05) is 6.92 Å². The minimum absolute atomic E-state index is 0.173. The lowest BCUT2D eigenvalue weighted by Gasteiger charge is -2.16. The van der Waals surface area contributed by atoms with Crippen molar-refractivity contribution in [3.8, 4) is 0 Å². The van der Waals surface area contributed by atoms with Gasteiger partial charge < -0.3 is 14.8 Å². The summed E-state index contributed by atoms with van der Waals surface area (Å²) in [6, 6.07) is 0.380. The maximum absolute atomic E-state index is 5.37. The third kappa shape index (κ3) is 4.46. The molecule has 1 rings (SSSR count). The van der Waals surface area contributed by atoms with Crippen molar-refractivity contribution in [1.82, 2.24) is 10.7 Å². The molecule has 1 aliphatic heterocycles. The molecular weight excluding hydrogens is 196 g/mol. The zero-order valence-electron chi connectivity index (χ0n) is 9.32. The Morgan fingerprint density at radius 3 is 3.07 bits per heavy atom. The molecule has 0 spiro atoms. The third-order valence-electron chi connectivity index (χ3n) is 2.15. The van der Waals surface area contributed by atoms with Gasteiger partial charge in [0.05, 0.1) is 19.3 Å². The van der Waals surface area contributed by atoms with E-state index in [0.29, 0.717) is 19.2 Å². The third-order valence-corrected chi connectivity index (χ3v) is 2.15. The van der Waals surface area contributed by atoms with Crippen LogP contribution in [0.4, 0.5) is 0 Å². The second-order valence-corrected chi connectivity index (χ2v) is 3.64. The first kappa shape index (κ1) is 12.2. The van der Waals surface area contributed by atoms with Gasteiger partial charge in [-0.25, -0.2) is 10.8 Å². The van der Waals surface area contributed by atoms with E-state index >= 15 is 0 Å². The number of hydrazine groups is 1. The first-order valence-corrected chi connectivity index (χ1v) is 5.14. The van der Waals surface area contributed by atoms with Crippen molar-refractivity contribution in [2.75, 3.05) is 26.9 Å². The van der Waals surface area contributed by atoms with Crippen LogP contribution in [0.1, 0.15) is 13.3 Å². The van der Waals surface area contributed by atoms with Crippen molar-refractivity contribution in [3.05, 3.63) is 0 Å². The molecule has 6 nitrogen and oxygen atoms in total. The smallest absolute Gasteiger partial charge is 0.206 e. The van der Waals surface area contributed by atoms with Crippen molar-refractivity contribution >= 4 is 5.96 Å². The monoisotopic (exact) mass is 216 g/mol. The van der Waals surface area contributed by atoms with Crippen LogP contribution < -0.4 is 16.6 Å². The molecule has 1 saturated heterocycles. The number of methoxy groups -OCH3 is 1. The first-order chi connectivity index (χ1) is 7.26. The van der Waals surface area contributed by atoms with E-state index in [9.17, 15) is 0 Å². The fourth-order valence-electron chi connectivity index (χ4n) is 1.45. The Kier molecular flexibility index (Phi) is 5.38. The number of aliphatic imine (C=N–C) groups is 1. The Balaban J connectivity index is 2.39. The van der Waals surface area contributed by atoms with Gasteiger partial charge in [-0.1, -0.05) is 0 Å². The summed E-state index contributed by atoms with van der Waals surface area (Å²) in [5.41, 5.74) is 2.55. The van der Waals surface area contributed by atoms with Gasteiger partial charge in [-0.2, -0.15) is 0 Å². The number of ether oxygens (including phenoxy) is 2. The average molecular weight is 216 g/mol. The van der Waals surface area contributed by atoms with Gasteiger partial charge in [0.25, 0.3) is 0 Å². The Bertz CT molecular complexity index is 204. The van der Waals surface area contributed by atoms with E-state index in [0.717, 1.165) is 13.0 Å². The lowest BCUT2D eigenvalue weighted by Crippen LogP contribution is -2.47. The summed E-state index contributed by atoms with van der Waals surface area (Å²) in [5.74, 6) is 5.96. The number of hydrogen-bond donors (Lipinski definition) is 3. The fourth-order valence-corrected chi connectivity index (χ4v) is 1.45. The van der Waals surface area contributed by atoms with Gasteiger partial charge >= 0.3 is 0 Å². The Morgan fingerprint density at radius 1 is 1.73 bits per heavy atom. The highest BCUT2D eigenvalue weighted by molar-refractivity contribution is 5.79. The minimum Gasteiger partial charge on any atom is -0.383 e. The molecule has 1 aliphatic rings. The topological polar surface area (TPSA) is 80.9 Å². The second kappa shape index (κ2) is 6.60. The summed E-state index contributed by atoms with van der Waals surface area (Å²) < 4.78 is 10.2. The van der Waals surface area contributed by atoms with Gasteiger partial charge in [0.2, 0.25) is 5.96 Å². The molecule has 0 aromatic carbocycles. The maximum atomic E-state index is 5.37. The molecule has 0 aromatic rings. The highest BCUT2D eigenvalue weighted by atomic mass is 16.5. The predicted octanol–water partition coefficient (Wildman–Crippen LogP) is -0.781. The van der Waals surface area contributed by atoms with Crippen molar-refractivity contribution in [2.45, 2.75) is 25.4 Å². The van der Waals surface area contributed by atoms with E-state index in [1.54, 1.807) is 7.11 Å². The van der Waals surface area contributed by atoms with Crippen LogP contribution in [0.15, 0.2) is 4.99 Å². The van der Waals surface area contributed by atoms with E-state index in [4.69, 9.17) is 15.3 Å². The molecule has 0 saturated carbocycles. The van der Waals surface area contributed by atoms with Crippen LogP contribution in [0, 0.1) is 0 Å². The molecule has 0 bridgehead atoms. The van der Waals surface area contributed by atoms with E-state index in [2.05, 4.69) is 15.7 Å². The number of nitrogens with zero attached hydrogens (tertiary/aromatic N) is 1. The normalized spacial score (nSPS) is 23.9. The molecule has 0 aromatic heterocycles. The standard InChI is InChI=1S/C9H20N4O2/c1-7(5-14-2)11-9(13-10)12-8-3-4-15-6-8/h7-8H,3-6,10H2,1-2H3,(H2,11,12,13). The largest absolute Gasteiger partial charge is 0.383 e. The van der Waals surface area contributed by atoms with Crippen molar-refractivity contribution in [3.63, 3.8) is 0 Å². The zero-order chi connectivity index (χ0) is 11.1. The molecule has 15 heavy (non-hydrogen) atoms. The quantitative estimate of drug-likeness (QED) is 0.248. The molecule has 0 amide bonds. The zero-order valence-corrected chi connectivity index (χ0v) is 9.32. The molecule has 88 valence electrons. The highest BCUT2D eigenvalue weighted by Gasteiger charge is 2.15. The van der Waals surface area contributed by atoms with Gasteiger partial charge in [0.15, 0.2) is 0 Å². The number of hydrogen-bond acceptors (Lipinski definition) is 4. The summed E-state index contributed by atoms with van der Waals surface area (Å²) in [6.07, 6.45) is 0.950. The van der Waals surface area contributed by atoms with Crippen molar-refractivity contribution in [2.24, 2.45) is 10.8 Å². The summed E-state index contributed by atoms with van der Waals surface area (Å²) in [4.78, 5) is 4.41. The van der Waals surface area contributed by atoms with Gasteiger partial charge in [0.1, 0.15) is 0 Å². The minimum atomic E-state index is 0.173. The molecular formula is C9H20N4O2. The van der Waals surface area contributed by atoms with Crippen molar-refractivity contribution in [1.29, 1.82) is 0 Å². The van der Waals surface area contributed by atoms with Crippen LogP contribution in [0.3, 0.4) is 0 Å². The lowest BCUT2D eigenvalue weighted by molar-refractivity contribution is 0.178. The molecule has 0 radical (unpaired) electrons. The average Bonchev–Trinajstić information content (AvgIpc) is 2.70. The predicted molar refractivity (Wildman–Crippen MR) is 58.5 cm³/mol. The number of nitrogens with two attached hydrogens (primary N) is 1. The van der Waals surface area contributed by atoms with Crippen LogP contribution in [-0.4, -0.2) is 45.0 Å². The molecule has 2 unspecified atom stereocenters. The Morgan fingerprint density at radius 2 is 2.53 bits per heavy atom. The van der Waals surface area contributed by atoms with Crippen LogP contribution in [-0.2, 0) is 9.47 Å². The fraction of sp³-hybridized carbons (Fsp3) is 0.889. The molecule has 4 N–H and O–H groups in total. The number of nitrogens with one attached hydrogen (secondary N) is 2. The van der Waals surface area contributed by atoms with Gasteiger partial charge in [-0.05, 0) is 13.3 Å². The second-order valence-electron chi connectivity index (χ2n) is 3.64.